The molecule has 0 saturated carbocycles. The van der Waals surface area contributed by atoms with Crippen molar-refractivity contribution >= 4 is 22.9 Å². The van der Waals surface area contributed by atoms with Gasteiger partial charge in [0.1, 0.15) is 0 Å². The molecule has 0 aliphatic rings. The Bertz CT molecular complexity index is 741. The molecule has 92 valence electrons. The van der Waals surface area contributed by atoms with Crippen LogP contribution in [0.5, 0.6) is 0 Å². The molecule has 0 amide bonds. The maximum absolute atomic E-state index is 4.46. The Morgan fingerprint density at radius 3 is 2.47 bits per heavy atom. The molecule has 1 aromatic heterocycles. The highest BCUT2D eigenvalue weighted by Crippen LogP contribution is 2.17. The third kappa shape index (κ3) is 2.71. The van der Waals surface area contributed by atoms with Crippen LogP contribution in [0.3, 0.4) is 0 Å². The predicted octanol–water partition coefficient (Wildman–Crippen LogP) is 4.71. The van der Waals surface area contributed by atoms with Gasteiger partial charge in [-0.2, -0.15) is 0 Å². The lowest BCUT2D eigenvalue weighted by Gasteiger charge is -1.99. The van der Waals surface area contributed by atoms with E-state index >= 15 is 0 Å². The highest BCUT2D eigenvalue weighted by atomic mass is 14.7. The highest BCUT2D eigenvalue weighted by Gasteiger charge is 1.94. The van der Waals surface area contributed by atoms with Crippen LogP contribution in [-0.2, 0) is 0 Å². The highest BCUT2D eigenvalue weighted by molar-refractivity contribution is 5.85. The summed E-state index contributed by atoms with van der Waals surface area (Å²) in [5.41, 5.74) is 3.23. The first-order valence-electron chi connectivity index (χ1n) is 6.42. The Balaban J connectivity index is 1.92. The standard InChI is InChI=1S/C18H15N/c1-14-5-4-8-18(19-14)12-10-15-9-11-16-6-2-3-7-17(16)13-15/h2-13H,1H3. The van der Waals surface area contributed by atoms with E-state index in [1.54, 1.807) is 0 Å². The summed E-state index contributed by atoms with van der Waals surface area (Å²) in [5, 5.41) is 2.54. The molecule has 1 nitrogen and oxygen atoms in total. The molecule has 3 rings (SSSR count). The number of aromatic nitrogens is 1. The van der Waals surface area contributed by atoms with Crippen molar-refractivity contribution in [3.63, 3.8) is 0 Å². The normalized spacial score (nSPS) is 11.2. The zero-order valence-electron chi connectivity index (χ0n) is 10.9. The molecule has 0 saturated heterocycles. The number of rotatable bonds is 2. The van der Waals surface area contributed by atoms with Gasteiger partial charge in [-0.1, -0.05) is 48.5 Å². The lowest BCUT2D eigenvalue weighted by atomic mass is 10.1. The molecular formula is C18H15N. The molecule has 0 bridgehead atoms. The number of hydrogen-bond donors (Lipinski definition) is 0. The van der Waals surface area contributed by atoms with E-state index in [0.29, 0.717) is 0 Å². The lowest BCUT2D eigenvalue weighted by molar-refractivity contribution is 1.18. The second-order valence-corrected chi connectivity index (χ2v) is 4.64. The quantitative estimate of drug-likeness (QED) is 0.637. The van der Waals surface area contributed by atoms with E-state index in [2.05, 4.69) is 59.6 Å². The fourth-order valence-corrected chi connectivity index (χ4v) is 2.15. The van der Waals surface area contributed by atoms with Crippen LogP contribution in [0, 0.1) is 6.92 Å². The summed E-state index contributed by atoms with van der Waals surface area (Å²) in [4.78, 5) is 4.46. The van der Waals surface area contributed by atoms with Gasteiger partial charge in [0.15, 0.2) is 0 Å². The summed E-state index contributed by atoms with van der Waals surface area (Å²) >= 11 is 0. The van der Waals surface area contributed by atoms with E-state index in [0.717, 1.165) is 11.4 Å². The van der Waals surface area contributed by atoms with Gasteiger partial charge in [-0.15, -0.1) is 0 Å². The van der Waals surface area contributed by atoms with Crippen molar-refractivity contribution in [2.75, 3.05) is 0 Å². The number of aryl methyl sites for hydroxylation is 1. The molecule has 0 aliphatic heterocycles. The van der Waals surface area contributed by atoms with E-state index < -0.39 is 0 Å². The molecule has 0 N–H and O–H groups in total. The summed E-state index contributed by atoms with van der Waals surface area (Å²) in [7, 11) is 0. The fourth-order valence-electron chi connectivity index (χ4n) is 2.15. The minimum atomic E-state index is 0.994. The number of benzene rings is 2. The van der Waals surface area contributed by atoms with Crippen molar-refractivity contribution in [1.82, 2.24) is 4.98 Å². The minimum Gasteiger partial charge on any atom is -0.254 e. The van der Waals surface area contributed by atoms with Gasteiger partial charge in [0.05, 0.1) is 5.69 Å². The molecule has 19 heavy (non-hydrogen) atoms. The van der Waals surface area contributed by atoms with Crippen LogP contribution in [0.25, 0.3) is 22.9 Å². The molecule has 1 heteroatoms. The van der Waals surface area contributed by atoms with Crippen LogP contribution in [0.2, 0.25) is 0 Å². The summed E-state index contributed by atoms with van der Waals surface area (Å²) < 4.78 is 0. The Labute approximate surface area is 113 Å². The summed E-state index contributed by atoms with van der Waals surface area (Å²) in [6.45, 7) is 2.01. The van der Waals surface area contributed by atoms with E-state index in [4.69, 9.17) is 0 Å². The van der Waals surface area contributed by atoms with Gasteiger partial charge in [0, 0.05) is 5.69 Å². The molecule has 0 radical (unpaired) electrons. The fraction of sp³-hybridized carbons (Fsp3) is 0.0556. The number of nitrogens with zero attached hydrogens (tertiary/aromatic N) is 1. The maximum atomic E-state index is 4.46. The van der Waals surface area contributed by atoms with Gasteiger partial charge in [-0.05, 0) is 47.5 Å². The summed E-state index contributed by atoms with van der Waals surface area (Å²) in [6, 6.07) is 20.9. The second kappa shape index (κ2) is 5.07. The average molecular weight is 245 g/mol. The average Bonchev–Trinajstić information content (AvgIpc) is 2.45. The molecule has 1 heterocycles. The van der Waals surface area contributed by atoms with Gasteiger partial charge in [0.2, 0.25) is 0 Å². The van der Waals surface area contributed by atoms with Crippen LogP contribution >= 0.6 is 0 Å². The van der Waals surface area contributed by atoms with Gasteiger partial charge in [-0.3, -0.25) is 4.98 Å². The van der Waals surface area contributed by atoms with Gasteiger partial charge < -0.3 is 0 Å². The molecule has 2 aromatic carbocycles. The molecule has 0 unspecified atom stereocenters. The predicted molar refractivity (Wildman–Crippen MR) is 81.9 cm³/mol. The third-order valence-electron chi connectivity index (χ3n) is 3.13. The SMILES string of the molecule is Cc1cccc(C=Cc2ccc3ccccc3c2)n1. The van der Waals surface area contributed by atoms with Crippen molar-refractivity contribution in [2.24, 2.45) is 0 Å². The second-order valence-electron chi connectivity index (χ2n) is 4.64. The first kappa shape index (κ1) is 11.7. The van der Waals surface area contributed by atoms with Gasteiger partial charge in [-0.25, -0.2) is 0 Å². The topological polar surface area (TPSA) is 12.9 Å². The van der Waals surface area contributed by atoms with Crippen LogP contribution in [0.1, 0.15) is 17.0 Å². The van der Waals surface area contributed by atoms with E-state index in [1.807, 2.05) is 25.1 Å². The third-order valence-corrected chi connectivity index (χ3v) is 3.13. The van der Waals surface area contributed by atoms with Crippen LogP contribution in [-0.4, -0.2) is 4.98 Å². The zero-order chi connectivity index (χ0) is 13.1. The molecule has 0 spiro atoms. The van der Waals surface area contributed by atoms with E-state index in [1.165, 1.54) is 16.3 Å². The smallest absolute Gasteiger partial charge is 0.0633 e. The van der Waals surface area contributed by atoms with Crippen molar-refractivity contribution in [3.8, 4) is 0 Å². The lowest BCUT2D eigenvalue weighted by Crippen LogP contribution is -1.83. The minimum absolute atomic E-state index is 0.994. The molecule has 0 aliphatic carbocycles. The maximum Gasteiger partial charge on any atom is 0.0633 e. The zero-order valence-corrected chi connectivity index (χ0v) is 10.9. The number of hydrogen-bond acceptors (Lipinski definition) is 1. The largest absolute Gasteiger partial charge is 0.254 e. The monoisotopic (exact) mass is 245 g/mol. The molecule has 3 aromatic rings. The molecule has 0 fully saturated rings. The van der Waals surface area contributed by atoms with Crippen LogP contribution in [0.15, 0.2) is 60.7 Å². The summed E-state index contributed by atoms with van der Waals surface area (Å²) in [5.74, 6) is 0. The van der Waals surface area contributed by atoms with E-state index in [9.17, 15) is 0 Å². The van der Waals surface area contributed by atoms with Crippen molar-refractivity contribution in [1.29, 1.82) is 0 Å². The Morgan fingerprint density at radius 2 is 1.63 bits per heavy atom. The Kier molecular flexibility index (Phi) is 3.11. The Morgan fingerprint density at radius 1 is 0.789 bits per heavy atom. The number of fused-ring (bicyclic) bond motifs is 1. The van der Waals surface area contributed by atoms with Crippen molar-refractivity contribution in [2.45, 2.75) is 6.92 Å². The van der Waals surface area contributed by atoms with Crippen molar-refractivity contribution in [3.05, 3.63) is 77.6 Å². The van der Waals surface area contributed by atoms with Crippen molar-refractivity contribution < 1.29 is 0 Å². The molecular weight excluding hydrogens is 230 g/mol. The number of pyridine rings is 1. The Hall–Kier alpha value is -2.41. The first-order valence-corrected chi connectivity index (χ1v) is 6.42. The van der Waals surface area contributed by atoms with Crippen LogP contribution in [0.4, 0.5) is 0 Å². The van der Waals surface area contributed by atoms with Crippen LogP contribution < -0.4 is 0 Å². The summed E-state index contributed by atoms with van der Waals surface area (Å²) in [6.07, 6.45) is 4.16. The first-order chi connectivity index (χ1) is 9.31. The van der Waals surface area contributed by atoms with E-state index in [-0.39, 0.29) is 0 Å². The van der Waals surface area contributed by atoms with Gasteiger partial charge in [0.25, 0.3) is 0 Å². The van der Waals surface area contributed by atoms with Gasteiger partial charge >= 0.3 is 0 Å². The molecule has 0 atom stereocenters.